The molecule has 14 heavy (non-hydrogen) atoms. The molecule has 0 radical (unpaired) electrons. The van der Waals surface area contributed by atoms with E-state index in [0.717, 1.165) is 6.42 Å². The lowest BCUT2D eigenvalue weighted by molar-refractivity contribution is 0.0216. The van der Waals surface area contributed by atoms with E-state index in [-0.39, 0.29) is 17.4 Å². The number of hydrogen-bond acceptors (Lipinski definition) is 4. The fraction of sp³-hybridized carbons (Fsp3) is 1.00. The van der Waals surface area contributed by atoms with Crippen molar-refractivity contribution in [2.75, 3.05) is 25.2 Å². The van der Waals surface area contributed by atoms with E-state index in [1.165, 1.54) is 0 Å². The third-order valence-corrected chi connectivity index (χ3v) is 4.37. The van der Waals surface area contributed by atoms with Gasteiger partial charge in [-0.15, -0.1) is 0 Å². The SMILES string of the molecule is COC(C)(C)CNC1CCS(=O)(=O)C1. The largest absolute Gasteiger partial charge is 0.377 e. The predicted molar refractivity (Wildman–Crippen MR) is 56.1 cm³/mol. The second-order valence-electron chi connectivity index (χ2n) is 4.44. The second kappa shape index (κ2) is 4.16. The first-order chi connectivity index (χ1) is 6.35. The molecule has 1 unspecified atom stereocenters. The maximum atomic E-state index is 11.2. The van der Waals surface area contributed by atoms with E-state index < -0.39 is 9.84 Å². The molecule has 4 nitrogen and oxygen atoms in total. The summed E-state index contributed by atoms with van der Waals surface area (Å²) in [5, 5.41) is 3.22. The van der Waals surface area contributed by atoms with Crippen LogP contribution in [0.2, 0.25) is 0 Å². The van der Waals surface area contributed by atoms with Crippen LogP contribution in [0.25, 0.3) is 0 Å². The number of methoxy groups -OCH3 is 1. The first-order valence-electron chi connectivity index (χ1n) is 4.84. The monoisotopic (exact) mass is 221 g/mol. The van der Waals surface area contributed by atoms with E-state index in [4.69, 9.17) is 4.74 Å². The van der Waals surface area contributed by atoms with Gasteiger partial charge in [-0.1, -0.05) is 0 Å². The molecule has 1 N–H and O–H groups in total. The van der Waals surface area contributed by atoms with Crippen LogP contribution in [-0.4, -0.2) is 45.2 Å². The van der Waals surface area contributed by atoms with Crippen LogP contribution >= 0.6 is 0 Å². The van der Waals surface area contributed by atoms with Gasteiger partial charge in [-0.25, -0.2) is 8.42 Å². The van der Waals surface area contributed by atoms with Gasteiger partial charge in [0.2, 0.25) is 0 Å². The highest BCUT2D eigenvalue weighted by molar-refractivity contribution is 7.91. The Labute approximate surface area is 85.9 Å². The van der Waals surface area contributed by atoms with Gasteiger partial charge in [-0.2, -0.15) is 0 Å². The fourth-order valence-electron chi connectivity index (χ4n) is 1.42. The molecule has 1 aliphatic heterocycles. The van der Waals surface area contributed by atoms with Crippen molar-refractivity contribution in [1.82, 2.24) is 5.32 Å². The molecule has 0 spiro atoms. The summed E-state index contributed by atoms with van der Waals surface area (Å²) in [6.45, 7) is 4.64. The van der Waals surface area contributed by atoms with Crippen LogP contribution in [0.15, 0.2) is 0 Å². The van der Waals surface area contributed by atoms with Crippen LogP contribution < -0.4 is 5.32 Å². The molecule has 0 aromatic rings. The van der Waals surface area contributed by atoms with Crippen LogP contribution in [0.1, 0.15) is 20.3 Å². The van der Waals surface area contributed by atoms with Gasteiger partial charge >= 0.3 is 0 Å². The molecular formula is C9H19NO3S. The molecule has 1 atom stereocenters. The molecule has 1 aliphatic rings. The molecule has 0 saturated carbocycles. The normalized spacial score (nSPS) is 26.6. The van der Waals surface area contributed by atoms with Crippen molar-refractivity contribution >= 4 is 9.84 Å². The van der Waals surface area contributed by atoms with E-state index in [2.05, 4.69) is 5.32 Å². The lowest BCUT2D eigenvalue weighted by atomic mass is 10.1. The minimum absolute atomic E-state index is 0.106. The summed E-state index contributed by atoms with van der Waals surface area (Å²) in [5.74, 6) is 0.588. The van der Waals surface area contributed by atoms with Crippen molar-refractivity contribution in [3.05, 3.63) is 0 Å². The Balaban J connectivity index is 2.34. The van der Waals surface area contributed by atoms with Crippen molar-refractivity contribution in [2.24, 2.45) is 0 Å². The molecule has 0 aromatic carbocycles. The highest BCUT2D eigenvalue weighted by Crippen LogP contribution is 2.13. The standard InChI is InChI=1S/C9H19NO3S/c1-9(2,13-3)7-10-8-4-5-14(11,12)6-8/h8,10H,4-7H2,1-3H3. The van der Waals surface area contributed by atoms with Gasteiger partial charge in [0.15, 0.2) is 9.84 Å². The van der Waals surface area contributed by atoms with Crippen molar-refractivity contribution < 1.29 is 13.2 Å². The smallest absolute Gasteiger partial charge is 0.151 e. The van der Waals surface area contributed by atoms with E-state index in [1.807, 2.05) is 13.8 Å². The number of rotatable bonds is 4. The lowest BCUT2D eigenvalue weighted by Gasteiger charge is -2.25. The van der Waals surface area contributed by atoms with Crippen LogP contribution in [-0.2, 0) is 14.6 Å². The Hall–Kier alpha value is -0.130. The molecule has 1 fully saturated rings. The van der Waals surface area contributed by atoms with Crippen molar-refractivity contribution in [3.8, 4) is 0 Å². The maximum Gasteiger partial charge on any atom is 0.151 e. The summed E-state index contributed by atoms with van der Waals surface area (Å²) in [4.78, 5) is 0. The first-order valence-corrected chi connectivity index (χ1v) is 6.66. The molecular weight excluding hydrogens is 202 g/mol. The van der Waals surface area contributed by atoms with Crippen molar-refractivity contribution in [3.63, 3.8) is 0 Å². The van der Waals surface area contributed by atoms with Gasteiger partial charge in [0, 0.05) is 19.7 Å². The zero-order valence-electron chi connectivity index (χ0n) is 9.04. The van der Waals surface area contributed by atoms with Gasteiger partial charge in [-0.05, 0) is 20.3 Å². The highest BCUT2D eigenvalue weighted by Gasteiger charge is 2.28. The molecule has 0 amide bonds. The summed E-state index contributed by atoms with van der Waals surface area (Å²) >= 11 is 0. The second-order valence-corrected chi connectivity index (χ2v) is 6.67. The van der Waals surface area contributed by atoms with Gasteiger partial charge in [0.25, 0.3) is 0 Å². The van der Waals surface area contributed by atoms with Gasteiger partial charge in [0.1, 0.15) is 0 Å². The Morgan fingerprint density at radius 3 is 2.57 bits per heavy atom. The van der Waals surface area contributed by atoms with Gasteiger partial charge in [0.05, 0.1) is 17.1 Å². The Bertz CT molecular complexity index is 284. The van der Waals surface area contributed by atoms with Crippen molar-refractivity contribution in [1.29, 1.82) is 0 Å². The predicted octanol–water partition coefficient (Wildman–Crippen LogP) is 0.188. The quantitative estimate of drug-likeness (QED) is 0.736. The Morgan fingerprint density at radius 2 is 2.14 bits per heavy atom. The molecule has 0 aliphatic carbocycles. The summed E-state index contributed by atoms with van der Waals surface area (Å²) in [6, 6.07) is 0.106. The topological polar surface area (TPSA) is 55.4 Å². The molecule has 84 valence electrons. The summed E-state index contributed by atoms with van der Waals surface area (Å²) in [7, 11) is -1.11. The minimum Gasteiger partial charge on any atom is -0.377 e. The fourth-order valence-corrected chi connectivity index (χ4v) is 3.13. The average Bonchev–Trinajstić information content (AvgIpc) is 2.43. The van der Waals surface area contributed by atoms with E-state index in [1.54, 1.807) is 7.11 Å². The van der Waals surface area contributed by atoms with Crippen molar-refractivity contribution in [2.45, 2.75) is 31.9 Å². The minimum atomic E-state index is -2.77. The average molecular weight is 221 g/mol. The highest BCUT2D eigenvalue weighted by atomic mass is 32.2. The lowest BCUT2D eigenvalue weighted by Crippen LogP contribution is -2.42. The van der Waals surface area contributed by atoms with E-state index in [9.17, 15) is 8.42 Å². The number of hydrogen-bond donors (Lipinski definition) is 1. The van der Waals surface area contributed by atoms with E-state index in [0.29, 0.717) is 12.3 Å². The maximum absolute atomic E-state index is 11.2. The third-order valence-electron chi connectivity index (χ3n) is 2.60. The van der Waals surface area contributed by atoms with Crippen LogP contribution in [0, 0.1) is 0 Å². The van der Waals surface area contributed by atoms with Gasteiger partial charge < -0.3 is 10.1 Å². The zero-order valence-corrected chi connectivity index (χ0v) is 9.86. The number of sulfone groups is 1. The summed E-state index contributed by atoms with van der Waals surface area (Å²) < 4.78 is 27.6. The molecule has 5 heteroatoms. The molecule has 0 bridgehead atoms. The molecule has 1 heterocycles. The number of ether oxygens (including phenoxy) is 1. The molecule has 1 saturated heterocycles. The molecule has 1 rings (SSSR count). The Kier molecular flexibility index (Phi) is 3.55. The first kappa shape index (κ1) is 11.9. The Morgan fingerprint density at radius 1 is 1.50 bits per heavy atom. The number of nitrogens with one attached hydrogen (secondary N) is 1. The van der Waals surface area contributed by atoms with Crippen LogP contribution in [0.3, 0.4) is 0 Å². The zero-order chi connectivity index (χ0) is 10.8. The van der Waals surface area contributed by atoms with Crippen LogP contribution in [0.5, 0.6) is 0 Å². The van der Waals surface area contributed by atoms with E-state index >= 15 is 0 Å². The van der Waals surface area contributed by atoms with Gasteiger partial charge in [-0.3, -0.25) is 0 Å². The third kappa shape index (κ3) is 3.55. The molecule has 0 aromatic heterocycles. The van der Waals surface area contributed by atoms with Crippen LogP contribution in [0.4, 0.5) is 0 Å². The summed E-state index contributed by atoms with van der Waals surface area (Å²) in [5.41, 5.74) is -0.230. The summed E-state index contributed by atoms with van der Waals surface area (Å²) in [6.07, 6.45) is 0.724.